The van der Waals surface area contributed by atoms with Crippen molar-refractivity contribution in [2.75, 3.05) is 0 Å². The molecule has 0 aromatic heterocycles. The van der Waals surface area contributed by atoms with Crippen molar-refractivity contribution in [2.24, 2.45) is 0 Å². The first-order chi connectivity index (χ1) is 6.79. The van der Waals surface area contributed by atoms with Gasteiger partial charge < -0.3 is 4.79 Å². The third-order valence-electron chi connectivity index (χ3n) is 2.55. The smallest absolute Gasteiger partial charge is 0.127 e. The lowest BCUT2D eigenvalue weighted by atomic mass is 9.94. The molecule has 0 heterocycles. The maximum Gasteiger partial charge on any atom is 0.127 e. The molecule has 0 amide bonds. The van der Waals surface area contributed by atoms with Crippen LogP contribution in [0.2, 0.25) is 0 Å². The molecule has 0 aliphatic carbocycles. The van der Waals surface area contributed by atoms with Gasteiger partial charge in [0.2, 0.25) is 0 Å². The Kier molecular flexibility index (Phi) is 4.37. The molecule has 1 aromatic rings. The van der Waals surface area contributed by atoms with E-state index in [-0.39, 0.29) is 5.92 Å². The molecule has 0 fully saturated rings. The normalized spacial score (nSPS) is 12.4. The fourth-order valence-corrected chi connectivity index (χ4v) is 1.65. The maximum absolute atomic E-state index is 10.7. The molecule has 0 aliphatic rings. The standard InChI is InChI=1S/C13H18O/c1-3-4-7-12-8-5-6-9-13(12)11(2)10-14/h5-6,8-11H,3-4,7H2,1-2H3. The molecule has 0 N–H and O–H groups in total. The lowest BCUT2D eigenvalue weighted by Crippen LogP contribution is -2.00. The Morgan fingerprint density at radius 1 is 1.36 bits per heavy atom. The minimum absolute atomic E-state index is 0.0306. The van der Waals surface area contributed by atoms with Gasteiger partial charge in [-0.05, 0) is 24.0 Å². The number of benzene rings is 1. The van der Waals surface area contributed by atoms with Crippen LogP contribution in [0, 0.1) is 0 Å². The van der Waals surface area contributed by atoms with Crippen LogP contribution in [0.4, 0.5) is 0 Å². The Labute approximate surface area is 86.1 Å². The molecule has 1 heteroatoms. The van der Waals surface area contributed by atoms with Crippen LogP contribution in [0.5, 0.6) is 0 Å². The average Bonchev–Trinajstić information content (AvgIpc) is 2.25. The molecular weight excluding hydrogens is 172 g/mol. The highest BCUT2D eigenvalue weighted by molar-refractivity contribution is 5.62. The highest BCUT2D eigenvalue weighted by Crippen LogP contribution is 2.19. The fourth-order valence-electron chi connectivity index (χ4n) is 1.65. The first kappa shape index (κ1) is 11.0. The number of hydrogen-bond acceptors (Lipinski definition) is 1. The summed E-state index contributed by atoms with van der Waals surface area (Å²) in [4.78, 5) is 10.7. The SMILES string of the molecule is CCCCc1ccccc1C(C)C=O. The van der Waals surface area contributed by atoms with Crippen LogP contribution >= 0.6 is 0 Å². The van der Waals surface area contributed by atoms with Gasteiger partial charge in [0.05, 0.1) is 0 Å². The summed E-state index contributed by atoms with van der Waals surface area (Å²) in [6.07, 6.45) is 4.50. The summed E-state index contributed by atoms with van der Waals surface area (Å²) in [7, 11) is 0. The molecule has 0 radical (unpaired) electrons. The molecule has 1 nitrogen and oxygen atoms in total. The molecule has 1 aromatic carbocycles. The number of carbonyl (C=O) groups excluding carboxylic acids is 1. The van der Waals surface area contributed by atoms with Gasteiger partial charge >= 0.3 is 0 Å². The molecule has 1 rings (SSSR count). The van der Waals surface area contributed by atoms with E-state index in [1.807, 2.05) is 19.1 Å². The molecule has 76 valence electrons. The second-order valence-corrected chi connectivity index (χ2v) is 3.73. The van der Waals surface area contributed by atoms with Gasteiger partial charge in [0.1, 0.15) is 6.29 Å². The second-order valence-electron chi connectivity index (χ2n) is 3.73. The second kappa shape index (κ2) is 5.58. The third kappa shape index (κ3) is 2.69. The van der Waals surface area contributed by atoms with Gasteiger partial charge in [-0.25, -0.2) is 0 Å². The Hall–Kier alpha value is -1.11. The zero-order valence-corrected chi connectivity index (χ0v) is 8.99. The van der Waals surface area contributed by atoms with Gasteiger partial charge in [-0.15, -0.1) is 0 Å². The van der Waals surface area contributed by atoms with Crippen molar-refractivity contribution in [3.05, 3.63) is 35.4 Å². The first-order valence-electron chi connectivity index (χ1n) is 5.32. The summed E-state index contributed by atoms with van der Waals surface area (Å²) >= 11 is 0. The molecule has 1 atom stereocenters. The van der Waals surface area contributed by atoms with Crippen LogP contribution in [0.1, 0.15) is 43.7 Å². The minimum atomic E-state index is 0.0306. The molecular formula is C13H18O. The van der Waals surface area contributed by atoms with E-state index in [2.05, 4.69) is 19.1 Å². The van der Waals surface area contributed by atoms with E-state index in [0.29, 0.717) is 0 Å². The quantitative estimate of drug-likeness (QED) is 0.651. The Balaban J connectivity index is 2.85. The van der Waals surface area contributed by atoms with Crippen LogP contribution in [0.3, 0.4) is 0 Å². The van der Waals surface area contributed by atoms with Crippen molar-refractivity contribution < 1.29 is 4.79 Å². The van der Waals surface area contributed by atoms with Crippen molar-refractivity contribution in [1.29, 1.82) is 0 Å². The third-order valence-corrected chi connectivity index (χ3v) is 2.55. The lowest BCUT2D eigenvalue weighted by Gasteiger charge is -2.10. The number of aryl methyl sites for hydroxylation is 1. The summed E-state index contributed by atoms with van der Waals surface area (Å²) in [5.41, 5.74) is 2.52. The summed E-state index contributed by atoms with van der Waals surface area (Å²) in [6.45, 7) is 4.14. The maximum atomic E-state index is 10.7. The Morgan fingerprint density at radius 3 is 2.71 bits per heavy atom. The molecule has 14 heavy (non-hydrogen) atoms. The lowest BCUT2D eigenvalue weighted by molar-refractivity contribution is -0.108. The number of carbonyl (C=O) groups is 1. The predicted molar refractivity (Wildman–Crippen MR) is 59.5 cm³/mol. The molecule has 0 aliphatic heterocycles. The summed E-state index contributed by atoms with van der Waals surface area (Å²) in [6, 6.07) is 8.24. The summed E-state index contributed by atoms with van der Waals surface area (Å²) in [5, 5.41) is 0. The van der Waals surface area contributed by atoms with E-state index < -0.39 is 0 Å². The van der Waals surface area contributed by atoms with E-state index in [1.54, 1.807) is 0 Å². The molecule has 0 saturated carbocycles. The summed E-state index contributed by atoms with van der Waals surface area (Å²) in [5.74, 6) is 0.0306. The Morgan fingerprint density at radius 2 is 2.07 bits per heavy atom. The minimum Gasteiger partial charge on any atom is -0.303 e. The fraction of sp³-hybridized carbons (Fsp3) is 0.462. The van der Waals surface area contributed by atoms with Crippen molar-refractivity contribution in [1.82, 2.24) is 0 Å². The van der Waals surface area contributed by atoms with Crippen LogP contribution in [-0.4, -0.2) is 6.29 Å². The summed E-state index contributed by atoms with van der Waals surface area (Å²) < 4.78 is 0. The van der Waals surface area contributed by atoms with Gasteiger partial charge in [-0.1, -0.05) is 44.5 Å². The van der Waals surface area contributed by atoms with Crippen LogP contribution < -0.4 is 0 Å². The van der Waals surface area contributed by atoms with Crippen LogP contribution in [0.25, 0.3) is 0 Å². The number of rotatable bonds is 5. The largest absolute Gasteiger partial charge is 0.303 e. The van der Waals surface area contributed by atoms with E-state index in [1.165, 1.54) is 24.0 Å². The topological polar surface area (TPSA) is 17.1 Å². The zero-order chi connectivity index (χ0) is 10.4. The monoisotopic (exact) mass is 190 g/mol. The van der Waals surface area contributed by atoms with Crippen molar-refractivity contribution in [3.8, 4) is 0 Å². The van der Waals surface area contributed by atoms with E-state index in [4.69, 9.17) is 0 Å². The molecule has 0 spiro atoms. The van der Waals surface area contributed by atoms with Crippen molar-refractivity contribution in [3.63, 3.8) is 0 Å². The van der Waals surface area contributed by atoms with E-state index >= 15 is 0 Å². The van der Waals surface area contributed by atoms with Crippen molar-refractivity contribution >= 4 is 6.29 Å². The highest BCUT2D eigenvalue weighted by Gasteiger charge is 2.07. The van der Waals surface area contributed by atoms with Gasteiger partial charge in [-0.3, -0.25) is 0 Å². The predicted octanol–water partition coefficient (Wildman–Crippen LogP) is 3.33. The van der Waals surface area contributed by atoms with Gasteiger partial charge in [-0.2, -0.15) is 0 Å². The average molecular weight is 190 g/mol. The van der Waals surface area contributed by atoms with Crippen molar-refractivity contribution in [2.45, 2.75) is 39.0 Å². The van der Waals surface area contributed by atoms with Gasteiger partial charge in [0.15, 0.2) is 0 Å². The van der Waals surface area contributed by atoms with Crippen LogP contribution in [0.15, 0.2) is 24.3 Å². The number of aldehydes is 1. The van der Waals surface area contributed by atoms with Gasteiger partial charge in [0.25, 0.3) is 0 Å². The number of hydrogen-bond donors (Lipinski definition) is 0. The van der Waals surface area contributed by atoms with E-state index in [9.17, 15) is 4.79 Å². The molecule has 1 unspecified atom stereocenters. The van der Waals surface area contributed by atoms with Gasteiger partial charge in [0, 0.05) is 5.92 Å². The first-order valence-corrected chi connectivity index (χ1v) is 5.32. The molecule has 0 saturated heterocycles. The highest BCUT2D eigenvalue weighted by atomic mass is 16.1. The zero-order valence-electron chi connectivity index (χ0n) is 8.99. The molecule has 0 bridgehead atoms. The number of unbranched alkanes of at least 4 members (excludes halogenated alkanes) is 1. The van der Waals surface area contributed by atoms with Crippen LogP contribution in [-0.2, 0) is 11.2 Å². The van der Waals surface area contributed by atoms with E-state index in [0.717, 1.165) is 12.7 Å². The Bertz CT molecular complexity index is 291.